The van der Waals surface area contributed by atoms with Crippen molar-refractivity contribution < 1.29 is 23.9 Å². The van der Waals surface area contributed by atoms with Crippen molar-refractivity contribution in [1.29, 1.82) is 0 Å². The van der Waals surface area contributed by atoms with Crippen LogP contribution < -0.4 is 15.4 Å². The fourth-order valence-corrected chi connectivity index (χ4v) is 8.07. The number of carbonyl (C=O) groups is 4. The standard InChI is InChI=1S/C46H56N4O5/c1-2-3-4-5-6-7-8-9-10-14-24-43(52)55-39-27-25-35(26-28-39)31-46(44(53)48-32-36-18-12-11-13-19-36)45(54)49(34-41-47-30-29-42(51)50(41)46)33-38-22-17-21-37-20-15-16-23-40(37)38/h11-13,15-23,25-28,41,47H,2-10,14,24,29-34H2,1H3,(H,48,53)/t41?,46-/m0/s1. The second-order valence-corrected chi connectivity index (χ2v) is 15.1. The molecule has 0 bridgehead atoms. The maximum atomic E-state index is 15.1. The molecule has 0 aromatic heterocycles. The summed E-state index contributed by atoms with van der Waals surface area (Å²) in [5, 5.41) is 8.57. The maximum absolute atomic E-state index is 15.1. The monoisotopic (exact) mass is 744 g/mol. The molecule has 0 saturated carbocycles. The first-order valence-electron chi connectivity index (χ1n) is 20.3. The van der Waals surface area contributed by atoms with Gasteiger partial charge in [-0.3, -0.25) is 24.5 Å². The number of benzene rings is 4. The van der Waals surface area contributed by atoms with Crippen molar-refractivity contribution in [2.75, 3.05) is 13.1 Å². The van der Waals surface area contributed by atoms with E-state index in [4.69, 9.17) is 4.74 Å². The molecule has 2 aliphatic rings. The number of amides is 3. The number of unbranched alkanes of at least 4 members (excludes halogenated alkanes) is 9. The molecule has 0 aliphatic carbocycles. The molecule has 1 unspecified atom stereocenters. The first-order valence-corrected chi connectivity index (χ1v) is 20.3. The summed E-state index contributed by atoms with van der Waals surface area (Å²) in [6.07, 6.45) is 11.9. The normalized spacial score (nSPS) is 18.3. The van der Waals surface area contributed by atoms with Gasteiger partial charge >= 0.3 is 5.97 Å². The van der Waals surface area contributed by atoms with Crippen molar-refractivity contribution in [3.05, 3.63) is 114 Å². The third kappa shape index (κ3) is 10.00. The van der Waals surface area contributed by atoms with Crippen LogP contribution in [0.5, 0.6) is 5.75 Å². The van der Waals surface area contributed by atoms with E-state index in [1.165, 1.54) is 49.8 Å². The molecule has 2 N–H and O–H groups in total. The van der Waals surface area contributed by atoms with Gasteiger partial charge in [0.15, 0.2) is 0 Å². The minimum atomic E-state index is -1.86. The van der Waals surface area contributed by atoms with E-state index in [0.29, 0.717) is 24.3 Å². The van der Waals surface area contributed by atoms with Gasteiger partial charge in [0.25, 0.3) is 11.8 Å². The van der Waals surface area contributed by atoms with Crippen LogP contribution in [0.3, 0.4) is 0 Å². The van der Waals surface area contributed by atoms with Crippen molar-refractivity contribution in [3.8, 4) is 5.75 Å². The van der Waals surface area contributed by atoms with Gasteiger partial charge in [0.05, 0.1) is 6.54 Å². The SMILES string of the molecule is CCCCCCCCCCCCC(=O)Oc1ccc(C[C@]2(C(=O)NCc3ccccc3)C(=O)N(Cc3cccc4ccccc34)CC3NCCC(=O)N32)cc1. The number of nitrogens with one attached hydrogen (secondary N) is 2. The molecule has 0 radical (unpaired) electrons. The average Bonchev–Trinajstić information content (AvgIpc) is 3.20. The molecular formula is C46H56N4O5. The molecule has 4 aromatic carbocycles. The average molecular weight is 745 g/mol. The Labute approximate surface area is 325 Å². The summed E-state index contributed by atoms with van der Waals surface area (Å²) < 4.78 is 5.68. The van der Waals surface area contributed by atoms with Crippen molar-refractivity contribution in [2.45, 2.75) is 115 Å². The first-order chi connectivity index (χ1) is 26.9. The highest BCUT2D eigenvalue weighted by Crippen LogP contribution is 2.35. The van der Waals surface area contributed by atoms with Crippen LogP contribution in [0.4, 0.5) is 0 Å². The number of carbonyl (C=O) groups excluding carboxylic acids is 4. The number of nitrogens with zero attached hydrogens (tertiary/aromatic N) is 2. The van der Waals surface area contributed by atoms with Crippen LogP contribution in [0.25, 0.3) is 10.8 Å². The number of hydrogen-bond acceptors (Lipinski definition) is 6. The lowest BCUT2D eigenvalue weighted by Gasteiger charge is -2.54. The Morgan fingerprint density at radius 3 is 2.20 bits per heavy atom. The molecule has 2 heterocycles. The number of hydrogen-bond donors (Lipinski definition) is 2. The predicted octanol–water partition coefficient (Wildman–Crippen LogP) is 7.84. The van der Waals surface area contributed by atoms with Gasteiger partial charge in [-0.1, -0.05) is 150 Å². The Morgan fingerprint density at radius 1 is 0.782 bits per heavy atom. The zero-order valence-corrected chi connectivity index (χ0v) is 32.3. The van der Waals surface area contributed by atoms with E-state index in [0.717, 1.165) is 41.2 Å². The van der Waals surface area contributed by atoms with Crippen LogP contribution in [0.15, 0.2) is 97.1 Å². The molecule has 0 spiro atoms. The quantitative estimate of drug-likeness (QED) is 0.0439. The molecule has 2 fully saturated rings. The predicted molar refractivity (Wildman–Crippen MR) is 216 cm³/mol. The smallest absolute Gasteiger partial charge is 0.311 e. The molecule has 2 aliphatic heterocycles. The van der Waals surface area contributed by atoms with Crippen molar-refractivity contribution in [3.63, 3.8) is 0 Å². The molecule has 6 rings (SSSR count). The van der Waals surface area contributed by atoms with E-state index in [-0.39, 0.29) is 44.4 Å². The van der Waals surface area contributed by atoms with Crippen LogP contribution >= 0.6 is 0 Å². The van der Waals surface area contributed by atoms with Crippen LogP contribution in [0.1, 0.15) is 101 Å². The maximum Gasteiger partial charge on any atom is 0.311 e. The summed E-state index contributed by atoms with van der Waals surface area (Å²) in [5.41, 5.74) is 0.650. The number of esters is 1. The summed E-state index contributed by atoms with van der Waals surface area (Å²) in [7, 11) is 0. The lowest BCUT2D eigenvalue weighted by Crippen LogP contribution is -2.79. The Hall–Kier alpha value is -5.02. The van der Waals surface area contributed by atoms with Crippen LogP contribution in [-0.2, 0) is 38.7 Å². The lowest BCUT2D eigenvalue weighted by atomic mass is 9.82. The Morgan fingerprint density at radius 2 is 1.45 bits per heavy atom. The van der Waals surface area contributed by atoms with Crippen LogP contribution in [0.2, 0.25) is 0 Å². The number of piperazine rings is 1. The highest BCUT2D eigenvalue weighted by molar-refractivity contribution is 6.13. The molecule has 290 valence electrons. The Kier molecular flexibility index (Phi) is 14.1. The summed E-state index contributed by atoms with van der Waals surface area (Å²) in [6.45, 7) is 3.42. The minimum Gasteiger partial charge on any atom is -0.427 e. The topological polar surface area (TPSA) is 108 Å². The molecular weight excluding hydrogens is 689 g/mol. The second kappa shape index (κ2) is 19.5. The fraction of sp³-hybridized carbons (Fsp3) is 0.435. The zero-order valence-electron chi connectivity index (χ0n) is 32.3. The van der Waals surface area contributed by atoms with Gasteiger partial charge in [-0.25, -0.2) is 0 Å². The lowest BCUT2D eigenvalue weighted by molar-refractivity contribution is -0.177. The molecule has 55 heavy (non-hydrogen) atoms. The van der Waals surface area contributed by atoms with E-state index in [9.17, 15) is 14.4 Å². The first kappa shape index (κ1) is 39.7. The minimum absolute atomic E-state index is 0.0464. The number of ether oxygens (including phenoxy) is 1. The third-order valence-corrected chi connectivity index (χ3v) is 11.0. The van der Waals surface area contributed by atoms with E-state index in [2.05, 4.69) is 17.6 Å². The van der Waals surface area contributed by atoms with Gasteiger partial charge < -0.3 is 19.9 Å². The van der Waals surface area contributed by atoms with E-state index in [1.807, 2.05) is 72.8 Å². The van der Waals surface area contributed by atoms with Gasteiger partial charge in [-0.15, -0.1) is 0 Å². The van der Waals surface area contributed by atoms with Crippen molar-refractivity contribution in [2.24, 2.45) is 0 Å². The summed E-state index contributed by atoms with van der Waals surface area (Å²) in [6, 6.07) is 30.6. The van der Waals surface area contributed by atoms with E-state index < -0.39 is 23.5 Å². The number of rotatable bonds is 19. The molecule has 2 saturated heterocycles. The van der Waals surface area contributed by atoms with Gasteiger partial charge in [0.2, 0.25) is 11.4 Å². The summed E-state index contributed by atoms with van der Waals surface area (Å²) in [4.78, 5) is 59.6. The van der Waals surface area contributed by atoms with Gasteiger partial charge in [0, 0.05) is 38.9 Å². The van der Waals surface area contributed by atoms with Gasteiger partial charge in [0.1, 0.15) is 11.9 Å². The molecule has 4 aromatic rings. The van der Waals surface area contributed by atoms with Crippen molar-refractivity contribution >= 4 is 34.5 Å². The van der Waals surface area contributed by atoms with E-state index >= 15 is 4.79 Å². The third-order valence-electron chi connectivity index (χ3n) is 11.0. The van der Waals surface area contributed by atoms with Crippen LogP contribution in [0, 0.1) is 0 Å². The largest absolute Gasteiger partial charge is 0.427 e. The van der Waals surface area contributed by atoms with Crippen LogP contribution in [-0.4, -0.2) is 58.3 Å². The molecule has 3 amide bonds. The Balaban J connectivity index is 1.19. The van der Waals surface area contributed by atoms with Gasteiger partial charge in [-0.05, 0) is 46.0 Å². The van der Waals surface area contributed by atoms with E-state index in [1.54, 1.807) is 29.2 Å². The molecule has 9 heteroatoms. The van der Waals surface area contributed by atoms with Crippen molar-refractivity contribution in [1.82, 2.24) is 20.4 Å². The fourth-order valence-electron chi connectivity index (χ4n) is 8.07. The number of fused-ring (bicyclic) bond motifs is 2. The summed E-state index contributed by atoms with van der Waals surface area (Å²) in [5.74, 6) is -1.06. The van der Waals surface area contributed by atoms with Gasteiger partial charge in [-0.2, -0.15) is 0 Å². The highest BCUT2D eigenvalue weighted by Gasteiger charge is 2.60. The second-order valence-electron chi connectivity index (χ2n) is 15.1. The highest BCUT2D eigenvalue weighted by atomic mass is 16.5. The Bertz CT molecular complexity index is 1890. The molecule has 9 nitrogen and oxygen atoms in total. The summed E-state index contributed by atoms with van der Waals surface area (Å²) >= 11 is 0. The zero-order chi connectivity index (χ0) is 38.5. The molecule has 2 atom stereocenters.